The van der Waals surface area contributed by atoms with Crippen LogP contribution in [0.3, 0.4) is 0 Å². The number of halogens is 7. The zero-order valence-electron chi connectivity index (χ0n) is 18.4. The summed E-state index contributed by atoms with van der Waals surface area (Å²) in [4.78, 5) is 38.4. The minimum atomic E-state index is -4.91. The zero-order chi connectivity index (χ0) is 26.6. The van der Waals surface area contributed by atoms with Crippen molar-refractivity contribution in [3.05, 3.63) is 52.1 Å². The minimum Gasteiger partial charge on any atom is -0.376 e. The number of nitrogens with zero attached hydrogens (tertiary/aromatic N) is 1. The van der Waals surface area contributed by atoms with Crippen LogP contribution in [0.1, 0.15) is 44.1 Å². The first-order chi connectivity index (χ1) is 16.8. The molecular formula is C22H18F7N3O4. The van der Waals surface area contributed by atoms with E-state index in [1.165, 1.54) is 6.92 Å². The zero-order valence-corrected chi connectivity index (χ0v) is 18.4. The SMILES string of the molecule is Cc1c(C(=O)C(=O)NC2(C(F)(F)F)COC2)c2n(c1C(=O)Nc1cccc(C(F)F)c1F)C[C@H](F)C2. The lowest BCUT2D eigenvalue weighted by molar-refractivity contribution is -0.265. The van der Waals surface area contributed by atoms with Crippen LogP contribution in [0, 0.1) is 12.7 Å². The van der Waals surface area contributed by atoms with Crippen LogP contribution >= 0.6 is 0 Å². The van der Waals surface area contributed by atoms with E-state index in [4.69, 9.17) is 0 Å². The quantitative estimate of drug-likeness (QED) is 0.345. The van der Waals surface area contributed by atoms with Gasteiger partial charge in [0.05, 0.1) is 36.6 Å². The smallest absolute Gasteiger partial charge is 0.376 e. The Hall–Kier alpha value is -3.42. The van der Waals surface area contributed by atoms with Crippen LogP contribution in [0.4, 0.5) is 36.4 Å². The Kier molecular flexibility index (Phi) is 6.35. The fraction of sp³-hybridized carbons (Fsp3) is 0.409. The fourth-order valence-electron chi connectivity index (χ4n) is 4.28. The van der Waals surface area contributed by atoms with Gasteiger partial charge in [-0.1, -0.05) is 12.1 Å². The second-order valence-electron chi connectivity index (χ2n) is 8.53. The maximum Gasteiger partial charge on any atom is 0.416 e. The maximum absolute atomic E-state index is 14.4. The summed E-state index contributed by atoms with van der Waals surface area (Å²) < 4.78 is 100. The number of aromatic nitrogens is 1. The Labute approximate surface area is 198 Å². The first-order valence-electron chi connectivity index (χ1n) is 10.5. The van der Waals surface area contributed by atoms with Crippen LogP contribution in [-0.4, -0.2) is 53.3 Å². The Morgan fingerprint density at radius 1 is 1.19 bits per heavy atom. The van der Waals surface area contributed by atoms with Gasteiger partial charge in [0.25, 0.3) is 24.0 Å². The Morgan fingerprint density at radius 2 is 1.86 bits per heavy atom. The molecule has 0 saturated carbocycles. The lowest BCUT2D eigenvalue weighted by Gasteiger charge is -2.42. The third-order valence-electron chi connectivity index (χ3n) is 6.16. The van der Waals surface area contributed by atoms with Crippen molar-refractivity contribution in [1.29, 1.82) is 0 Å². The van der Waals surface area contributed by atoms with E-state index in [-0.39, 0.29) is 17.0 Å². The number of nitrogens with one attached hydrogen (secondary N) is 2. The molecule has 1 fully saturated rings. The van der Waals surface area contributed by atoms with Gasteiger partial charge in [-0.25, -0.2) is 17.6 Å². The molecule has 194 valence electrons. The van der Waals surface area contributed by atoms with Crippen molar-refractivity contribution < 1.29 is 49.9 Å². The van der Waals surface area contributed by atoms with Crippen LogP contribution < -0.4 is 10.6 Å². The van der Waals surface area contributed by atoms with Gasteiger partial charge >= 0.3 is 6.18 Å². The van der Waals surface area contributed by atoms with Crippen LogP contribution in [0.25, 0.3) is 0 Å². The van der Waals surface area contributed by atoms with Gasteiger partial charge in [0.1, 0.15) is 11.9 Å². The van der Waals surface area contributed by atoms with E-state index in [1.807, 2.05) is 0 Å². The molecule has 2 N–H and O–H groups in total. The van der Waals surface area contributed by atoms with Crippen LogP contribution in [0.2, 0.25) is 0 Å². The molecule has 0 spiro atoms. The molecule has 14 heteroatoms. The number of hydrogen-bond acceptors (Lipinski definition) is 4. The summed E-state index contributed by atoms with van der Waals surface area (Å²) in [5.41, 5.74) is -5.42. The van der Waals surface area contributed by atoms with E-state index < -0.39 is 90.7 Å². The topological polar surface area (TPSA) is 89.4 Å². The summed E-state index contributed by atoms with van der Waals surface area (Å²) in [7, 11) is 0. The first kappa shape index (κ1) is 25.7. The number of amides is 2. The summed E-state index contributed by atoms with van der Waals surface area (Å²) in [5.74, 6) is -5.54. The second kappa shape index (κ2) is 8.91. The molecule has 0 aliphatic carbocycles. The van der Waals surface area contributed by atoms with Gasteiger partial charge in [0.15, 0.2) is 11.4 Å². The highest BCUT2D eigenvalue weighted by molar-refractivity contribution is 6.44. The van der Waals surface area contributed by atoms with Crippen LogP contribution in [0.15, 0.2) is 18.2 Å². The van der Waals surface area contributed by atoms with Gasteiger partial charge < -0.3 is 19.9 Å². The third-order valence-corrected chi connectivity index (χ3v) is 6.16. The molecule has 0 radical (unpaired) electrons. The van der Waals surface area contributed by atoms with Crippen molar-refractivity contribution in [2.24, 2.45) is 0 Å². The van der Waals surface area contributed by atoms with E-state index in [0.717, 1.165) is 22.8 Å². The molecule has 2 aromatic rings. The minimum absolute atomic E-state index is 0.0991. The maximum atomic E-state index is 14.4. The molecule has 0 bridgehead atoms. The molecule has 2 amide bonds. The van der Waals surface area contributed by atoms with Crippen molar-refractivity contribution in [2.75, 3.05) is 18.5 Å². The van der Waals surface area contributed by atoms with Gasteiger partial charge in [0.2, 0.25) is 0 Å². The van der Waals surface area contributed by atoms with Gasteiger partial charge in [0, 0.05) is 12.1 Å². The van der Waals surface area contributed by atoms with E-state index in [0.29, 0.717) is 0 Å². The normalized spacial score (nSPS) is 18.5. The number of benzene rings is 1. The lowest BCUT2D eigenvalue weighted by atomic mass is 9.95. The summed E-state index contributed by atoms with van der Waals surface area (Å²) in [6.45, 7) is -1.00. The van der Waals surface area contributed by atoms with Crippen molar-refractivity contribution >= 4 is 23.3 Å². The molecule has 1 atom stereocenters. The molecule has 2 aliphatic heterocycles. The fourth-order valence-corrected chi connectivity index (χ4v) is 4.28. The average molecular weight is 521 g/mol. The van der Waals surface area contributed by atoms with Crippen LogP contribution in [-0.2, 0) is 22.5 Å². The lowest BCUT2D eigenvalue weighted by Crippen LogP contribution is -2.71. The van der Waals surface area contributed by atoms with E-state index in [2.05, 4.69) is 10.1 Å². The highest BCUT2D eigenvalue weighted by Gasteiger charge is 2.61. The molecule has 1 saturated heterocycles. The molecule has 1 aromatic heterocycles. The second-order valence-corrected chi connectivity index (χ2v) is 8.53. The molecule has 1 aromatic carbocycles. The molecule has 36 heavy (non-hydrogen) atoms. The number of rotatable bonds is 6. The van der Waals surface area contributed by atoms with Gasteiger partial charge in [-0.3, -0.25) is 14.4 Å². The summed E-state index contributed by atoms with van der Waals surface area (Å²) in [6, 6.07) is 2.91. The predicted octanol–water partition coefficient (Wildman–Crippen LogP) is 3.65. The monoisotopic (exact) mass is 521 g/mol. The number of ketones is 1. The first-order valence-corrected chi connectivity index (χ1v) is 10.5. The molecule has 7 nitrogen and oxygen atoms in total. The highest BCUT2D eigenvalue weighted by atomic mass is 19.4. The Balaban J connectivity index is 1.67. The number of carbonyl (C=O) groups is 3. The molecular weight excluding hydrogens is 503 g/mol. The van der Waals surface area contributed by atoms with Crippen molar-refractivity contribution in [2.45, 2.75) is 44.2 Å². The van der Waals surface area contributed by atoms with Crippen molar-refractivity contribution in [3.63, 3.8) is 0 Å². The largest absolute Gasteiger partial charge is 0.416 e. The number of hydrogen-bond donors (Lipinski definition) is 2. The van der Waals surface area contributed by atoms with Crippen molar-refractivity contribution in [1.82, 2.24) is 9.88 Å². The number of ether oxygens (including phenoxy) is 1. The Bertz CT molecular complexity index is 1250. The predicted molar refractivity (Wildman–Crippen MR) is 109 cm³/mol. The summed E-state index contributed by atoms with van der Waals surface area (Å²) in [5, 5.41) is 3.73. The highest BCUT2D eigenvalue weighted by Crippen LogP contribution is 2.37. The third kappa shape index (κ3) is 4.12. The number of anilines is 1. The number of alkyl halides is 6. The summed E-state index contributed by atoms with van der Waals surface area (Å²) in [6.07, 6.45) is -10.1. The van der Waals surface area contributed by atoms with Gasteiger partial charge in [-0.2, -0.15) is 13.2 Å². The van der Waals surface area contributed by atoms with Crippen molar-refractivity contribution in [3.8, 4) is 0 Å². The van der Waals surface area contributed by atoms with Gasteiger partial charge in [-0.15, -0.1) is 0 Å². The molecule has 3 heterocycles. The number of Topliss-reactive ketones (excluding diaryl/α,β-unsaturated/α-hetero) is 1. The number of carbonyl (C=O) groups excluding carboxylic acids is 3. The number of fused-ring (bicyclic) bond motifs is 1. The standard InChI is InChI=1S/C22H18F7N3O4/c1-9-14(17(33)20(35)31-21(7-36-8-21)22(27,28)29)13-5-10(23)6-32(13)16(9)19(34)30-12-4-2-3-11(15(12)24)18(25)26/h2-4,10,18H,5-8H2,1H3,(H,30,34)(H,31,35)/t10-/m1/s1. The summed E-state index contributed by atoms with van der Waals surface area (Å²) >= 11 is 0. The van der Waals surface area contributed by atoms with Gasteiger partial charge in [-0.05, 0) is 18.6 Å². The average Bonchev–Trinajstić information content (AvgIpc) is 3.23. The van der Waals surface area contributed by atoms with E-state index in [1.54, 1.807) is 5.32 Å². The van der Waals surface area contributed by atoms with Crippen LogP contribution in [0.5, 0.6) is 0 Å². The Morgan fingerprint density at radius 3 is 2.42 bits per heavy atom. The van der Waals surface area contributed by atoms with E-state index >= 15 is 0 Å². The molecule has 0 unspecified atom stereocenters. The molecule has 4 rings (SSSR count). The van der Waals surface area contributed by atoms with E-state index in [9.17, 15) is 45.1 Å². The molecule has 2 aliphatic rings.